The number of nitrogens with zero attached hydrogens (tertiary/aromatic N) is 2. The van der Waals surface area contributed by atoms with E-state index in [9.17, 15) is 0 Å². The van der Waals surface area contributed by atoms with Gasteiger partial charge in [0.05, 0.1) is 11.8 Å². The number of nitrogen functional groups attached to an aromatic ring is 1. The van der Waals surface area contributed by atoms with Crippen LogP contribution in [0.2, 0.25) is 0 Å². The Hall–Kier alpha value is -1.19. The minimum Gasteiger partial charge on any atom is -0.474 e. The van der Waals surface area contributed by atoms with Gasteiger partial charge >= 0.3 is 0 Å². The van der Waals surface area contributed by atoms with E-state index in [1.54, 1.807) is 0 Å². The molecule has 0 atom stereocenters. The molecule has 0 aliphatic heterocycles. The maximum absolute atomic E-state index is 5.87. The van der Waals surface area contributed by atoms with Crippen LogP contribution in [0.5, 0.6) is 5.88 Å². The number of aryl methyl sites for hydroxylation is 2. The second kappa shape index (κ2) is 4.35. The summed E-state index contributed by atoms with van der Waals surface area (Å²) in [5.74, 6) is 0.708. The van der Waals surface area contributed by atoms with Crippen molar-refractivity contribution in [1.82, 2.24) is 9.78 Å². The molecule has 0 bridgehead atoms. The molecule has 1 rings (SSSR count). The number of ether oxygens (including phenoxy) is 1. The Bertz CT molecular complexity index is 305. The summed E-state index contributed by atoms with van der Waals surface area (Å²) in [5, 5.41) is 4.32. The second-order valence-corrected chi connectivity index (χ2v) is 3.69. The molecule has 80 valence electrons. The minimum atomic E-state index is 0.129. The van der Waals surface area contributed by atoms with Gasteiger partial charge in [-0.25, -0.2) is 4.68 Å². The lowest BCUT2D eigenvalue weighted by Gasteiger charge is -2.11. The highest BCUT2D eigenvalue weighted by Crippen LogP contribution is 2.25. The van der Waals surface area contributed by atoms with E-state index in [2.05, 4.69) is 12.0 Å². The van der Waals surface area contributed by atoms with Crippen LogP contribution in [0.3, 0.4) is 0 Å². The van der Waals surface area contributed by atoms with Crippen LogP contribution in [0.25, 0.3) is 0 Å². The monoisotopic (exact) mass is 197 g/mol. The molecule has 0 unspecified atom stereocenters. The smallest absolute Gasteiger partial charge is 0.236 e. The summed E-state index contributed by atoms with van der Waals surface area (Å²) in [4.78, 5) is 0. The van der Waals surface area contributed by atoms with Gasteiger partial charge in [-0.3, -0.25) is 0 Å². The van der Waals surface area contributed by atoms with Crippen molar-refractivity contribution >= 4 is 5.69 Å². The maximum atomic E-state index is 5.87. The predicted molar refractivity (Wildman–Crippen MR) is 57.4 cm³/mol. The van der Waals surface area contributed by atoms with Gasteiger partial charge < -0.3 is 10.5 Å². The van der Waals surface area contributed by atoms with E-state index in [4.69, 9.17) is 10.5 Å². The molecule has 2 N–H and O–H groups in total. The highest BCUT2D eigenvalue weighted by molar-refractivity contribution is 5.52. The Balaban J connectivity index is 2.97. The van der Waals surface area contributed by atoms with Crippen molar-refractivity contribution in [3.63, 3.8) is 0 Å². The van der Waals surface area contributed by atoms with Gasteiger partial charge in [0.1, 0.15) is 5.69 Å². The number of nitrogens with two attached hydrogens (primary N) is 1. The summed E-state index contributed by atoms with van der Waals surface area (Å²) < 4.78 is 7.46. The summed E-state index contributed by atoms with van der Waals surface area (Å²) in [6.45, 7) is 8.82. The fraction of sp³-hybridized carbons (Fsp3) is 0.700. The van der Waals surface area contributed by atoms with Crippen molar-refractivity contribution in [3.05, 3.63) is 5.69 Å². The zero-order valence-corrected chi connectivity index (χ0v) is 9.37. The van der Waals surface area contributed by atoms with Crippen molar-refractivity contribution in [1.29, 1.82) is 0 Å². The molecule has 1 aromatic heterocycles. The van der Waals surface area contributed by atoms with Gasteiger partial charge in [-0.2, -0.15) is 5.10 Å². The highest BCUT2D eigenvalue weighted by Gasteiger charge is 2.14. The van der Waals surface area contributed by atoms with Crippen molar-refractivity contribution in [2.45, 2.75) is 46.8 Å². The first-order valence-corrected chi connectivity index (χ1v) is 5.05. The van der Waals surface area contributed by atoms with E-state index in [0.717, 1.165) is 18.7 Å². The van der Waals surface area contributed by atoms with Crippen molar-refractivity contribution < 1.29 is 4.74 Å². The third-order valence-electron chi connectivity index (χ3n) is 1.91. The van der Waals surface area contributed by atoms with Crippen molar-refractivity contribution in [2.24, 2.45) is 0 Å². The Morgan fingerprint density at radius 1 is 1.50 bits per heavy atom. The highest BCUT2D eigenvalue weighted by atomic mass is 16.5. The molecule has 0 aliphatic carbocycles. The molecule has 0 radical (unpaired) electrons. The van der Waals surface area contributed by atoms with E-state index < -0.39 is 0 Å². The third kappa shape index (κ3) is 2.19. The predicted octanol–water partition coefficient (Wildman–Crippen LogP) is 1.97. The average molecular weight is 197 g/mol. The van der Waals surface area contributed by atoms with Gasteiger partial charge in [-0.05, 0) is 27.2 Å². The topological polar surface area (TPSA) is 53.1 Å². The Kier molecular flexibility index (Phi) is 3.38. The van der Waals surface area contributed by atoms with E-state index >= 15 is 0 Å². The van der Waals surface area contributed by atoms with Crippen LogP contribution >= 0.6 is 0 Å². The van der Waals surface area contributed by atoms with Gasteiger partial charge in [0.2, 0.25) is 5.88 Å². The number of hydrogen-bond donors (Lipinski definition) is 1. The quantitative estimate of drug-likeness (QED) is 0.802. The van der Waals surface area contributed by atoms with Crippen LogP contribution in [0.1, 0.15) is 32.9 Å². The van der Waals surface area contributed by atoms with E-state index in [1.807, 2.05) is 25.5 Å². The first-order valence-electron chi connectivity index (χ1n) is 5.05. The second-order valence-electron chi connectivity index (χ2n) is 3.69. The van der Waals surface area contributed by atoms with Gasteiger partial charge in [-0.1, -0.05) is 6.92 Å². The van der Waals surface area contributed by atoms with Crippen LogP contribution in [0.15, 0.2) is 0 Å². The van der Waals surface area contributed by atoms with Crippen LogP contribution in [0.4, 0.5) is 5.69 Å². The first-order chi connectivity index (χ1) is 6.56. The molecule has 0 aliphatic rings. The van der Waals surface area contributed by atoms with Crippen LogP contribution in [-0.2, 0) is 6.54 Å². The lowest BCUT2D eigenvalue weighted by molar-refractivity contribution is 0.218. The normalized spacial score (nSPS) is 10.9. The zero-order valence-electron chi connectivity index (χ0n) is 9.37. The first kappa shape index (κ1) is 10.9. The Morgan fingerprint density at radius 2 is 2.14 bits per heavy atom. The van der Waals surface area contributed by atoms with Gasteiger partial charge in [0.25, 0.3) is 0 Å². The lowest BCUT2D eigenvalue weighted by Crippen LogP contribution is -2.12. The Morgan fingerprint density at radius 3 is 2.64 bits per heavy atom. The van der Waals surface area contributed by atoms with E-state index in [1.165, 1.54) is 0 Å². The molecule has 0 amide bonds. The summed E-state index contributed by atoms with van der Waals surface area (Å²) in [5.41, 5.74) is 7.37. The lowest BCUT2D eigenvalue weighted by atomic mass is 10.4. The fourth-order valence-corrected chi connectivity index (χ4v) is 1.29. The van der Waals surface area contributed by atoms with Crippen molar-refractivity contribution in [2.75, 3.05) is 5.73 Å². The van der Waals surface area contributed by atoms with Gasteiger partial charge in [-0.15, -0.1) is 0 Å². The molecule has 4 nitrogen and oxygen atoms in total. The summed E-state index contributed by atoms with van der Waals surface area (Å²) in [6.07, 6.45) is 1.15. The summed E-state index contributed by atoms with van der Waals surface area (Å²) >= 11 is 0. The largest absolute Gasteiger partial charge is 0.474 e. The molecular formula is C10H19N3O. The molecule has 0 spiro atoms. The molecule has 1 aromatic rings. The molecule has 1 heterocycles. The summed E-state index contributed by atoms with van der Waals surface area (Å²) in [7, 11) is 0. The van der Waals surface area contributed by atoms with Crippen LogP contribution in [-0.4, -0.2) is 15.9 Å². The third-order valence-corrected chi connectivity index (χ3v) is 1.91. The fourth-order valence-electron chi connectivity index (χ4n) is 1.29. The van der Waals surface area contributed by atoms with Gasteiger partial charge in [0.15, 0.2) is 0 Å². The average Bonchev–Trinajstić information content (AvgIpc) is 2.33. The number of rotatable bonds is 4. The number of hydrogen-bond acceptors (Lipinski definition) is 3. The number of anilines is 1. The Labute approximate surface area is 85.0 Å². The van der Waals surface area contributed by atoms with E-state index in [-0.39, 0.29) is 6.10 Å². The molecule has 0 fully saturated rings. The SMILES string of the molecule is CCCn1nc(C)c(N)c1OC(C)C. The molecule has 14 heavy (non-hydrogen) atoms. The molecule has 0 aromatic carbocycles. The standard InChI is InChI=1S/C10H19N3O/c1-5-6-13-10(14-7(2)3)9(11)8(4)12-13/h7H,5-6,11H2,1-4H3. The van der Waals surface area contributed by atoms with Crippen LogP contribution < -0.4 is 10.5 Å². The number of aromatic nitrogens is 2. The molecule has 0 saturated heterocycles. The molecular weight excluding hydrogens is 178 g/mol. The summed E-state index contributed by atoms with van der Waals surface area (Å²) in [6, 6.07) is 0. The van der Waals surface area contributed by atoms with Gasteiger partial charge in [0, 0.05) is 6.54 Å². The van der Waals surface area contributed by atoms with Crippen LogP contribution in [0, 0.1) is 6.92 Å². The van der Waals surface area contributed by atoms with E-state index in [0.29, 0.717) is 11.6 Å². The minimum absolute atomic E-state index is 0.129. The molecule has 0 saturated carbocycles. The maximum Gasteiger partial charge on any atom is 0.236 e. The molecule has 4 heteroatoms. The zero-order chi connectivity index (χ0) is 10.7. The van der Waals surface area contributed by atoms with Crippen molar-refractivity contribution in [3.8, 4) is 5.88 Å².